The number of carboxylic acid groups (broad SMARTS) is 1. The summed E-state index contributed by atoms with van der Waals surface area (Å²) in [7, 11) is 0. The van der Waals surface area contributed by atoms with E-state index in [1.54, 1.807) is 6.92 Å². The number of esters is 1. The third-order valence-electron chi connectivity index (χ3n) is 1.80. The molecule has 0 heterocycles. The number of aliphatic hydroxyl groups is 1. The van der Waals surface area contributed by atoms with Gasteiger partial charge in [0, 0.05) is 0 Å². The molecule has 0 saturated carbocycles. The van der Waals surface area contributed by atoms with Crippen molar-refractivity contribution in [2.75, 3.05) is 13.2 Å². The van der Waals surface area contributed by atoms with E-state index in [4.69, 9.17) is 15.9 Å². The maximum atomic E-state index is 11.3. The highest BCUT2D eigenvalue weighted by atomic mass is 16.5. The molecule has 0 rings (SSSR count). The van der Waals surface area contributed by atoms with Crippen molar-refractivity contribution in [2.45, 2.75) is 25.4 Å². The molecule has 2 atom stereocenters. The topological polar surface area (TPSA) is 139 Å². The van der Waals surface area contributed by atoms with Crippen LogP contribution in [-0.4, -0.2) is 53.4 Å². The SMILES string of the molecule is CCOC(=O)C(CO)NC(=O)C(N)CC(=O)O. The fourth-order valence-corrected chi connectivity index (χ4v) is 0.982. The Bertz CT molecular complexity index is 293. The Hall–Kier alpha value is -1.67. The molecule has 0 saturated heterocycles. The summed E-state index contributed by atoms with van der Waals surface area (Å²) >= 11 is 0. The maximum Gasteiger partial charge on any atom is 0.331 e. The van der Waals surface area contributed by atoms with Gasteiger partial charge in [0.1, 0.15) is 0 Å². The highest BCUT2D eigenvalue weighted by Crippen LogP contribution is 1.93. The number of rotatable bonds is 7. The van der Waals surface area contributed by atoms with Gasteiger partial charge in [-0.15, -0.1) is 0 Å². The largest absolute Gasteiger partial charge is 0.481 e. The first-order valence-corrected chi connectivity index (χ1v) is 4.97. The summed E-state index contributed by atoms with van der Waals surface area (Å²) < 4.78 is 4.59. The molecule has 0 aliphatic heterocycles. The lowest BCUT2D eigenvalue weighted by molar-refractivity contribution is -0.148. The number of nitrogens with one attached hydrogen (secondary N) is 1. The Kier molecular flexibility index (Phi) is 6.83. The van der Waals surface area contributed by atoms with Crippen molar-refractivity contribution in [3.63, 3.8) is 0 Å². The van der Waals surface area contributed by atoms with Crippen molar-refractivity contribution in [1.29, 1.82) is 0 Å². The van der Waals surface area contributed by atoms with Gasteiger partial charge in [0.05, 0.1) is 25.7 Å². The van der Waals surface area contributed by atoms with E-state index in [9.17, 15) is 14.4 Å². The summed E-state index contributed by atoms with van der Waals surface area (Å²) in [6, 6.07) is -2.52. The van der Waals surface area contributed by atoms with Crippen molar-refractivity contribution in [1.82, 2.24) is 5.32 Å². The molecule has 0 spiro atoms. The van der Waals surface area contributed by atoms with Crippen LogP contribution in [0.3, 0.4) is 0 Å². The number of hydrogen-bond donors (Lipinski definition) is 4. The second kappa shape index (κ2) is 7.58. The second-order valence-electron chi connectivity index (χ2n) is 3.20. The summed E-state index contributed by atoms with van der Waals surface area (Å²) in [5.41, 5.74) is 5.27. The molecule has 8 nitrogen and oxygen atoms in total. The molecule has 0 aromatic carbocycles. The summed E-state index contributed by atoms with van der Waals surface area (Å²) in [5.74, 6) is -2.87. The summed E-state index contributed by atoms with van der Waals surface area (Å²) in [4.78, 5) is 32.8. The van der Waals surface area contributed by atoms with Gasteiger partial charge >= 0.3 is 11.9 Å². The van der Waals surface area contributed by atoms with Crippen LogP contribution >= 0.6 is 0 Å². The zero-order chi connectivity index (χ0) is 13.4. The average molecular weight is 248 g/mol. The van der Waals surface area contributed by atoms with Crippen LogP contribution in [0.15, 0.2) is 0 Å². The fraction of sp³-hybridized carbons (Fsp3) is 0.667. The number of carbonyl (C=O) groups is 3. The predicted octanol–water partition coefficient (Wildman–Crippen LogP) is -2.17. The first-order valence-electron chi connectivity index (χ1n) is 4.97. The number of aliphatic hydroxyl groups excluding tert-OH is 1. The molecule has 0 aromatic rings. The van der Waals surface area contributed by atoms with Gasteiger partial charge in [-0.25, -0.2) is 4.79 Å². The molecule has 0 aromatic heterocycles. The van der Waals surface area contributed by atoms with E-state index < -0.39 is 43.0 Å². The van der Waals surface area contributed by atoms with Gasteiger partial charge in [-0.1, -0.05) is 0 Å². The predicted molar refractivity (Wildman–Crippen MR) is 55.9 cm³/mol. The number of carboxylic acids is 1. The van der Waals surface area contributed by atoms with E-state index in [0.717, 1.165) is 0 Å². The standard InChI is InChI=1S/C9H16N2O6/c1-2-17-9(16)6(4-12)11-8(15)5(10)3-7(13)14/h5-6,12H,2-4,10H2,1H3,(H,11,15)(H,13,14). The minimum absolute atomic E-state index is 0.104. The van der Waals surface area contributed by atoms with E-state index in [-0.39, 0.29) is 6.61 Å². The van der Waals surface area contributed by atoms with Gasteiger partial charge in [-0.2, -0.15) is 0 Å². The van der Waals surface area contributed by atoms with Crippen LogP contribution in [0.1, 0.15) is 13.3 Å². The third-order valence-corrected chi connectivity index (χ3v) is 1.80. The molecule has 0 bridgehead atoms. The lowest BCUT2D eigenvalue weighted by Crippen LogP contribution is -2.51. The van der Waals surface area contributed by atoms with Gasteiger partial charge in [-0.3, -0.25) is 9.59 Å². The second-order valence-corrected chi connectivity index (χ2v) is 3.20. The molecule has 2 unspecified atom stereocenters. The van der Waals surface area contributed by atoms with Gasteiger partial charge in [0.25, 0.3) is 0 Å². The number of ether oxygens (including phenoxy) is 1. The Morgan fingerprint density at radius 3 is 2.41 bits per heavy atom. The van der Waals surface area contributed by atoms with E-state index in [1.807, 2.05) is 0 Å². The van der Waals surface area contributed by atoms with Crippen LogP contribution in [0.5, 0.6) is 0 Å². The number of hydrogen-bond acceptors (Lipinski definition) is 6. The monoisotopic (exact) mass is 248 g/mol. The molecule has 1 amide bonds. The molecule has 0 aliphatic carbocycles. The number of carbonyl (C=O) groups excluding carboxylic acids is 2. The molecular formula is C9H16N2O6. The molecule has 17 heavy (non-hydrogen) atoms. The first-order chi connectivity index (χ1) is 7.92. The Morgan fingerprint density at radius 2 is 2.00 bits per heavy atom. The Balaban J connectivity index is 4.32. The number of nitrogens with two attached hydrogens (primary N) is 1. The normalized spacial score (nSPS) is 13.6. The lowest BCUT2D eigenvalue weighted by Gasteiger charge is -2.17. The molecule has 98 valence electrons. The van der Waals surface area contributed by atoms with Crippen LogP contribution in [0, 0.1) is 0 Å². The maximum absolute atomic E-state index is 11.3. The molecule has 8 heteroatoms. The fourth-order valence-electron chi connectivity index (χ4n) is 0.982. The quantitative estimate of drug-likeness (QED) is 0.376. The lowest BCUT2D eigenvalue weighted by atomic mass is 10.2. The Morgan fingerprint density at radius 1 is 1.41 bits per heavy atom. The van der Waals surface area contributed by atoms with E-state index in [2.05, 4.69) is 10.1 Å². The molecule has 0 radical (unpaired) electrons. The number of aliphatic carboxylic acids is 1. The Labute approximate surface area is 97.7 Å². The van der Waals surface area contributed by atoms with Crippen molar-refractivity contribution in [3.8, 4) is 0 Å². The van der Waals surface area contributed by atoms with E-state index >= 15 is 0 Å². The minimum atomic E-state index is -1.28. The van der Waals surface area contributed by atoms with Gasteiger partial charge < -0.3 is 26.0 Å². The van der Waals surface area contributed by atoms with Gasteiger partial charge in [-0.05, 0) is 6.92 Å². The van der Waals surface area contributed by atoms with Crippen LogP contribution in [0.2, 0.25) is 0 Å². The summed E-state index contributed by atoms with van der Waals surface area (Å²) in [6.07, 6.45) is -0.563. The van der Waals surface area contributed by atoms with Crippen molar-refractivity contribution in [2.24, 2.45) is 5.73 Å². The van der Waals surface area contributed by atoms with Crippen LogP contribution < -0.4 is 11.1 Å². The van der Waals surface area contributed by atoms with Gasteiger partial charge in [0.15, 0.2) is 6.04 Å². The average Bonchev–Trinajstić information content (AvgIpc) is 2.24. The molecule has 0 fully saturated rings. The highest BCUT2D eigenvalue weighted by molar-refractivity contribution is 5.89. The van der Waals surface area contributed by atoms with Crippen molar-refractivity contribution in [3.05, 3.63) is 0 Å². The highest BCUT2D eigenvalue weighted by Gasteiger charge is 2.25. The smallest absolute Gasteiger partial charge is 0.331 e. The zero-order valence-corrected chi connectivity index (χ0v) is 9.38. The molecule has 5 N–H and O–H groups in total. The van der Waals surface area contributed by atoms with Crippen LogP contribution in [0.4, 0.5) is 0 Å². The van der Waals surface area contributed by atoms with Crippen LogP contribution in [0.25, 0.3) is 0 Å². The first kappa shape index (κ1) is 15.3. The number of amides is 1. The zero-order valence-electron chi connectivity index (χ0n) is 9.38. The van der Waals surface area contributed by atoms with Gasteiger partial charge in [0.2, 0.25) is 5.91 Å². The summed E-state index contributed by atoms with van der Waals surface area (Å²) in [5, 5.41) is 19.4. The van der Waals surface area contributed by atoms with Crippen LogP contribution in [-0.2, 0) is 19.1 Å². The van der Waals surface area contributed by atoms with E-state index in [0.29, 0.717) is 0 Å². The van der Waals surface area contributed by atoms with Crippen molar-refractivity contribution < 1.29 is 29.3 Å². The summed E-state index contributed by atoms with van der Waals surface area (Å²) in [6.45, 7) is 1.03. The minimum Gasteiger partial charge on any atom is -0.481 e. The molecule has 0 aliphatic rings. The molecular weight excluding hydrogens is 232 g/mol. The third kappa shape index (κ3) is 5.83. The van der Waals surface area contributed by atoms with E-state index in [1.165, 1.54) is 0 Å². The van der Waals surface area contributed by atoms with Crippen molar-refractivity contribution >= 4 is 17.8 Å².